The summed E-state index contributed by atoms with van der Waals surface area (Å²) in [6, 6.07) is 5.68. The number of para-hydroxylation sites is 1. The summed E-state index contributed by atoms with van der Waals surface area (Å²) >= 11 is 1.56. The highest BCUT2D eigenvalue weighted by Crippen LogP contribution is 2.38. The highest BCUT2D eigenvalue weighted by molar-refractivity contribution is 7.15. The largest absolute Gasteiger partial charge is 0.493 e. The van der Waals surface area contributed by atoms with Crippen LogP contribution >= 0.6 is 11.3 Å². The van der Waals surface area contributed by atoms with E-state index >= 15 is 0 Å². The molecule has 0 atom stereocenters. The molecule has 24 heavy (non-hydrogen) atoms. The highest BCUT2D eigenvalue weighted by Gasteiger charge is 2.23. The number of ether oxygens (including phenoxy) is 3. The number of nitrogens with two attached hydrogens (primary N) is 1. The number of aromatic nitrogens is 1. The van der Waals surface area contributed by atoms with Crippen LogP contribution in [-0.2, 0) is 6.54 Å². The topological polar surface area (TPSA) is 69.8 Å². The van der Waals surface area contributed by atoms with Crippen LogP contribution in [0.2, 0.25) is 0 Å². The Labute approximate surface area is 146 Å². The van der Waals surface area contributed by atoms with Crippen molar-refractivity contribution in [1.29, 1.82) is 0 Å². The average molecular weight is 349 g/mol. The van der Waals surface area contributed by atoms with Crippen molar-refractivity contribution >= 4 is 16.5 Å². The minimum atomic E-state index is 0.165. The number of piperidine rings is 1. The Morgan fingerprint density at radius 2 is 1.88 bits per heavy atom. The zero-order chi connectivity index (χ0) is 16.9. The molecule has 7 heteroatoms. The molecule has 0 spiro atoms. The smallest absolute Gasteiger partial charge is 0.203 e. The molecule has 2 heterocycles. The van der Waals surface area contributed by atoms with Gasteiger partial charge in [0.05, 0.1) is 14.2 Å². The van der Waals surface area contributed by atoms with Gasteiger partial charge in [-0.1, -0.05) is 6.07 Å². The maximum atomic E-state index is 6.20. The van der Waals surface area contributed by atoms with Gasteiger partial charge in [0.25, 0.3) is 0 Å². The zero-order valence-corrected chi connectivity index (χ0v) is 14.8. The summed E-state index contributed by atoms with van der Waals surface area (Å²) in [6.07, 6.45) is 3.96. The van der Waals surface area contributed by atoms with Crippen LogP contribution in [0.25, 0.3) is 0 Å². The second-order valence-electron chi connectivity index (χ2n) is 5.75. The van der Waals surface area contributed by atoms with Crippen molar-refractivity contribution in [1.82, 2.24) is 9.88 Å². The average Bonchev–Trinajstić information content (AvgIpc) is 3.01. The molecule has 0 aliphatic carbocycles. The molecule has 1 saturated heterocycles. The van der Waals surface area contributed by atoms with Crippen LogP contribution in [0, 0.1) is 0 Å². The minimum absolute atomic E-state index is 0.165. The Kier molecular flexibility index (Phi) is 5.42. The molecule has 1 fully saturated rings. The van der Waals surface area contributed by atoms with Crippen LogP contribution in [0.4, 0.5) is 5.13 Å². The maximum absolute atomic E-state index is 6.20. The fourth-order valence-corrected chi connectivity index (χ4v) is 3.63. The molecule has 0 saturated carbocycles. The van der Waals surface area contributed by atoms with Crippen molar-refractivity contribution in [2.24, 2.45) is 0 Å². The molecular weight excluding hydrogens is 326 g/mol. The van der Waals surface area contributed by atoms with Gasteiger partial charge >= 0.3 is 0 Å². The van der Waals surface area contributed by atoms with Crippen LogP contribution in [0.5, 0.6) is 17.2 Å². The molecule has 0 amide bonds. The predicted octanol–water partition coefficient (Wildman–Crippen LogP) is 2.79. The number of thiazole rings is 1. The van der Waals surface area contributed by atoms with Crippen molar-refractivity contribution in [3.63, 3.8) is 0 Å². The Hall–Kier alpha value is -1.99. The van der Waals surface area contributed by atoms with E-state index in [-0.39, 0.29) is 6.10 Å². The lowest BCUT2D eigenvalue weighted by molar-refractivity contribution is 0.0922. The van der Waals surface area contributed by atoms with E-state index in [1.165, 1.54) is 4.88 Å². The van der Waals surface area contributed by atoms with E-state index < -0.39 is 0 Å². The van der Waals surface area contributed by atoms with Crippen LogP contribution in [0.3, 0.4) is 0 Å². The molecule has 0 unspecified atom stereocenters. The number of anilines is 1. The number of rotatable bonds is 6. The van der Waals surface area contributed by atoms with Gasteiger partial charge < -0.3 is 19.9 Å². The van der Waals surface area contributed by atoms with Gasteiger partial charge in [0.15, 0.2) is 16.6 Å². The van der Waals surface area contributed by atoms with Crippen molar-refractivity contribution < 1.29 is 14.2 Å². The van der Waals surface area contributed by atoms with Crippen LogP contribution in [0.1, 0.15) is 17.7 Å². The van der Waals surface area contributed by atoms with Crippen LogP contribution in [0.15, 0.2) is 24.4 Å². The Bertz CT molecular complexity index is 647. The number of hydrogen-bond acceptors (Lipinski definition) is 7. The summed E-state index contributed by atoms with van der Waals surface area (Å²) in [5, 5.41) is 0.631. The molecule has 3 rings (SSSR count). The van der Waals surface area contributed by atoms with Gasteiger partial charge in [0.2, 0.25) is 5.75 Å². The Morgan fingerprint density at radius 3 is 2.42 bits per heavy atom. The Morgan fingerprint density at radius 1 is 1.21 bits per heavy atom. The number of nitrogens with zero attached hydrogens (tertiary/aromatic N) is 2. The lowest BCUT2D eigenvalue weighted by atomic mass is 10.1. The summed E-state index contributed by atoms with van der Waals surface area (Å²) in [4.78, 5) is 7.72. The first-order chi connectivity index (χ1) is 11.7. The van der Waals surface area contributed by atoms with E-state index in [9.17, 15) is 0 Å². The number of nitrogen functional groups attached to an aromatic ring is 1. The van der Waals surface area contributed by atoms with E-state index in [1.807, 2.05) is 24.4 Å². The molecular formula is C17H23N3O3S. The van der Waals surface area contributed by atoms with E-state index in [1.54, 1.807) is 25.6 Å². The summed E-state index contributed by atoms with van der Waals surface area (Å²) in [6.45, 7) is 2.87. The third kappa shape index (κ3) is 3.91. The van der Waals surface area contributed by atoms with Gasteiger partial charge in [0, 0.05) is 30.7 Å². The molecule has 1 aliphatic rings. The van der Waals surface area contributed by atoms with E-state index in [4.69, 9.17) is 19.9 Å². The maximum Gasteiger partial charge on any atom is 0.203 e. The number of likely N-dealkylation sites (tertiary alicyclic amines) is 1. The molecule has 1 aliphatic heterocycles. The summed E-state index contributed by atoms with van der Waals surface area (Å²) < 4.78 is 17.0. The van der Waals surface area contributed by atoms with Gasteiger partial charge in [-0.05, 0) is 25.0 Å². The highest BCUT2D eigenvalue weighted by atomic mass is 32.1. The SMILES string of the molecule is COc1cccc(OC)c1OC1CCN(Cc2cnc(N)s2)CC1. The lowest BCUT2D eigenvalue weighted by Crippen LogP contribution is -2.37. The molecule has 1 aromatic carbocycles. The van der Waals surface area contributed by atoms with Gasteiger partial charge in [-0.2, -0.15) is 0 Å². The first-order valence-corrected chi connectivity index (χ1v) is 8.81. The zero-order valence-electron chi connectivity index (χ0n) is 14.0. The second kappa shape index (κ2) is 7.72. The monoisotopic (exact) mass is 349 g/mol. The third-order valence-corrected chi connectivity index (χ3v) is 4.96. The van der Waals surface area contributed by atoms with Gasteiger partial charge in [-0.3, -0.25) is 4.90 Å². The first kappa shape index (κ1) is 16.9. The quantitative estimate of drug-likeness (QED) is 0.865. The molecule has 130 valence electrons. The number of benzene rings is 1. The van der Waals surface area contributed by atoms with Crippen LogP contribution in [-0.4, -0.2) is 43.3 Å². The van der Waals surface area contributed by atoms with Crippen molar-refractivity contribution in [2.45, 2.75) is 25.5 Å². The van der Waals surface area contributed by atoms with Gasteiger partial charge in [0.1, 0.15) is 6.10 Å². The summed E-state index contributed by atoms with van der Waals surface area (Å²) in [7, 11) is 3.29. The molecule has 1 aromatic heterocycles. The summed E-state index contributed by atoms with van der Waals surface area (Å²) in [5.41, 5.74) is 5.69. The summed E-state index contributed by atoms with van der Waals surface area (Å²) in [5.74, 6) is 2.10. The van der Waals surface area contributed by atoms with Gasteiger partial charge in [-0.25, -0.2) is 4.98 Å². The molecule has 0 bridgehead atoms. The van der Waals surface area contributed by atoms with E-state index in [2.05, 4.69) is 9.88 Å². The molecule has 6 nitrogen and oxygen atoms in total. The second-order valence-corrected chi connectivity index (χ2v) is 6.90. The van der Waals surface area contributed by atoms with E-state index in [0.717, 1.165) is 32.5 Å². The molecule has 0 radical (unpaired) electrons. The minimum Gasteiger partial charge on any atom is -0.493 e. The number of hydrogen-bond donors (Lipinski definition) is 1. The fourth-order valence-electron chi connectivity index (χ4n) is 2.90. The van der Waals surface area contributed by atoms with Crippen LogP contribution < -0.4 is 19.9 Å². The lowest BCUT2D eigenvalue weighted by Gasteiger charge is -2.32. The fraction of sp³-hybridized carbons (Fsp3) is 0.471. The van der Waals surface area contributed by atoms with Gasteiger partial charge in [-0.15, -0.1) is 11.3 Å². The van der Waals surface area contributed by atoms with Crippen molar-refractivity contribution in [2.75, 3.05) is 33.0 Å². The normalized spacial score (nSPS) is 16.1. The van der Waals surface area contributed by atoms with Crippen molar-refractivity contribution in [3.8, 4) is 17.2 Å². The standard InChI is InChI=1S/C17H23N3O3S/c1-21-14-4-3-5-15(22-2)16(14)23-12-6-8-20(9-7-12)11-13-10-19-17(18)24-13/h3-5,10,12H,6-9,11H2,1-2H3,(H2,18,19). The third-order valence-electron chi connectivity index (χ3n) is 4.15. The van der Waals surface area contributed by atoms with Crippen molar-refractivity contribution in [3.05, 3.63) is 29.3 Å². The molecule has 2 N–H and O–H groups in total. The predicted molar refractivity (Wildman–Crippen MR) is 95.0 cm³/mol. The molecule has 2 aromatic rings. The Balaban J connectivity index is 1.57. The van der Waals surface area contributed by atoms with E-state index in [0.29, 0.717) is 22.4 Å². The number of methoxy groups -OCH3 is 2. The first-order valence-electron chi connectivity index (χ1n) is 7.99.